The first-order valence-corrected chi connectivity index (χ1v) is 9.88. The Labute approximate surface area is 163 Å². The van der Waals surface area contributed by atoms with Crippen molar-refractivity contribution in [2.24, 2.45) is 0 Å². The fraction of sp³-hybridized carbons (Fsp3) is 0.364. The predicted octanol–water partition coefficient (Wildman–Crippen LogP) is 3.95. The quantitative estimate of drug-likeness (QED) is 0.748. The van der Waals surface area contributed by atoms with E-state index in [2.05, 4.69) is 9.88 Å². The van der Waals surface area contributed by atoms with Crippen molar-refractivity contribution in [1.82, 2.24) is 9.97 Å². The van der Waals surface area contributed by atoms with Crippen molar-refractivity contribution < 1.29 is 9.13 Å². The molecular weight excluding hydrogens is 355 g/mol. The average Bonchev–Trinajstić information content (AvgIpc) is 3.05. The minimum Gasteiger partial charge on any atom is -0.383 e. The van der Waals surface area contributed by atoms with Gasteiger partial charge < -0.3 is 15.4 Å². The van der Waals surface area contributed by atoms with Gasteiger partial charge in [-0.05, 0) is 55.7 Å². The Hall–Kier alpha value is -2.73. The highest BCUT2D eigenvalue weighted by atomic mass is 19.1. The van der Waals surface area contributed by atoms with Crippen molar-refractivity contribution in [3.8, 4) is 11.1 Å². The summed E-state index contributed by atoms with van der Waals surface area (Å²) in [6.07, 6.45) is 3.51. The Morgan fingerprint density at radius 3 is 2.54 bits per heavy atom. The predicted molar refractivity (Wildman–Crippen MR) is 109 cm³/mol. The molecule has 144 valence electrons. The lowest BCUT2D eigenvalue weighted by atomic mass is 10.0. The molecule has 2 N–H and O–H groups in total. The highest BCUT2D eigenvalue weighted by Gasteiger charge is 2.34. The van der Waals surface area contributed by atoms with Crippen molar-refractivity contribution in [2.75, 3.05) is 23.7 Å². The molecule has 2 aliphatic rings. The zero-order valence-electron chi connectivity index (χ0n) is 15.9. The number of fused-ring (bicyclic) bond motifs is 3. The first-order chi connectivity index (χ1) is 13.6. The Morgan fingerprint density at radius 2 is 1.82 bits per heavy atom. The monoisotopic (exact) mass is 378 g/mol. The van der Waals surface area contributed by atoms with Crippen LogP contribution in [0.1, 0.15) is 25.5 Å². The standard InChI is InChI=1S/C22H23FN4O/c1-2-14-5-8-17(22(24)25-14)20-18(23)9-3-13-4-10-19(26-21(13)20)27-11-15-6-7-16(12-27)28-15/h3-5,8-10,15-16H,2,6-7,11-12H2,1H3,(H2,24,25). The van der Waals surface area contributed by atoms with Crippen molar-refractivity contribution in [1.29, 1.82) is 0 Å². The molecule has 2 aromatic heterocycles. The third kappa shape index (κ3) is 2.88. The molecule has 2 bridgehead atoms. The topological polar surface area (TPSA) is 64.3 Å². The van der Waals surface area contributed by atoms with Gasteiger partial charge in [-0.25, -0.2) is 14.4 Å². The van der Waals surface area contributed by atoms with E-state index in [0.29, 0.717) is 22.5 Å². The van der Waals surface area contributed by atoms with Crippen molar-refractivity contribution in [3.63, 3.8) is 0 Å². The van der Waals surface area contributed by atoms with Crippen LogP contribution in [0.3, 0.4) is 0 Å². The van der Waals surface area contributed by atoms with Gasteiger partial charge in [0.2, 0.25) is 0 Å². The number of aryl methyl sites for hydroxylation is 1. The molecule has 1 aromatic carbocycles. The Morgan fingerprint density at radius 1 is 1.07 bits per heavy atom. The zero-order chi connectivity index (χ0) is 19.3. The van der Waals surface area contributed by atoms with Crippen LogP contribution in [0.25, 0.3) is 22.0 Å². The van der Waals surface area contributed by atoms with Gasteiger partial charge in [-0.15, -0.1) is 0 Å². The third-order valence-corrected chi connectivity index (χ3v) is 5.78. The summed E-state index contributed by atoms with van der Waals surface area (Å²) in [7, 11) is 0. The molecule has 28 heavy (non-hydrogen) atoms. The van der Waals surface area contributed by atoms with Gasteiger partial charge in [0.25, 0.3) is 0 Å². The number of nitrogens with zero attached hydrogens (tertiary/aromatic N) is 3. The number of halogens is 1. The zero-order valence-corrected chi connectivity index (χ0v) is 15.9. The summed E-state index contributed by atoms with van der Waals surface area (Å²) in [5.41, 5.74) is 8.70. The lowest BCUT2D eigenvalue weighted by Gasteiger charge is -2.33. The number of aromatic nitrogens is 2. The molecule has 0 spiro atoms. The molecule has 3 aromatic rings. The molecule has 2 atom stereocenters. The van der Waals surface area contributed by atoms with Crippen molar-refractivity contribution >= 4 is 22.5 Å². The summed E-state index contributed by atoms with van der Waals surface area (Å²) in [6, 6.07) is 11.0. The van der Waals surface area contributed by atoms with Gasteiger partial charge >= 0.3 is 0 Å². The van der Waals surface area contributed by atoms with Crippen LogP contribution in [0.15, 0.2) is 36.4 Å². The lowest BCUT2D eigenvalue weighted by molar-refractivity contribution is 0.0302. The third-order valence-electron chi connectivity index (χ3n) is 5.78. The van der Waals surface area contributed by atoms with E-state index in [-0.39, 0.29) is 18.0 Å². The van der Waals surface area contributed by atoms with Crippen molar-refractivity contribution in [3.05, 3.63) is 47.9 Å². The van der Waals surface area contributed by atoms with Gasteiger partial charge in [-0.2, -0.15) is 0 Å². The number of anilines is 2. The summed E-state index contributed by atoms with van der Waals surface area (Å²) >= 11 is 0. The van der Waals surface area contributed by atoms with Crippen LogP contribution in [-0.2, 0) is 11.2 Å². The molecule has 4 heterocycles. The summed E-state index contributed by atoms with van der Waals surface area (Å²) in [4.78, 5) is 11.5. The van der Waals surface area contributed by atoms with E-state index < -0.39 is 0 Å². The molecule has 0 aliphatic carbocycles. The van der Waals surface area contributed by atoms with Gasteiger partial charge in [-0.3, -0.25) is 0 Å². The largest absolute Gasteiger partial charge is 0.383 e. The molecule has 5 rings (SSSR count). The van der Waals surface area contributed by atoms with Crippen LogP contribution in [0, 0.1) is 5.82 Å². The molecule has 0 radical (unpaired) electrons. The molecule has 2 saturated heterocycles. The van der Waals surface area contributed by atoms with Gasteiger partial charge in [0.1, 0.15) is 17.5 Å². The fourth-order valence-corrected chi connectivity index (χ4v) is 4.31. The van der Waals surface area contributed by atoms with Crippen LogP contribution in [0.4, 0.5) is 16.0 Å². The molecule has 2 fully saturated rings. The number of nitrogen functional groups attached to an aromatic ring is 1. The Kier molecular flexibility index (Phi) is 4.16. The van der Waals surface area contributed by atoms with Gasteiger partial charge in [-0.1, -0.05) is 6.92 Å². The molecule has 6 heteroatoms. The number of hydrogen-bond acceptors (Lipinski definition) is 5. The maximum atomic E-state index is 14.9. The first-order valence-electron chi connectivity index (χ1n) is 9.88. The van der Waals surface area contributed by atoms with Crippen LogP contribution in [0.2, 0.25) is 0 Å². The average molecular weight is 378 g/mol. The summed E-state index contributed by atoms with van der Waals surface area (Å²) in [6.45, 7) is 3.67. The Bertz CT molecular complexity index is 1040. The van der Waals surface area contributed by atoms with Crippen molar-refractivity contribution in [2.45, 2.75) is 38.4 Å². The number of pyridine rings is 2. The Balaban J connectivity index is 1.63. The van der Waals surface area contributed by atoms with Gasteiger partial charge in [0.05, 0.1) is 17.7 Å². The van der Waals surface area contributed by atoms with Gasteiger partial charge in [0, 0.05) is 35.3 Å². The molecule has 5 nitrogen and oxygen atoms in total. The highest BCUT2D eigenvalue weighted by molar-refractivity contribution is 5.97. The number of rotatable bonds is 3. The van der Waals surface area contributed by atoms with Crippen LogP contribution < -0.4 is 10.6 Å². The van der Waals surface area contributed by atoms with E-state index in [1.807, 2.05) is 31.2 Å². The SMILES string of the molecule is CCc1ccc(-c2c(F)ccc3ccc(N4CC5CCC(C4)O5)nc23)c(N)n1. The first kappa shape index (κ1) is 17.4. The molecule has 2 aliphatic heterocycles. The van der Waals surface area contributed by atoms with Crippen LogP contribution in [0.5, 0.6) is 0 Å². The summed E-state index contributed by atoms with van der Waals surface area (Å²) in [5, 5.41) is 0.885. The van der Waals surface area contributed by atoms with Crippen LogP contribution in [-0.4, -0.2) is 35.3 Å². The maximum absolute atomic E-state index is 14.9. The minimum atomic E-state index is -0.336. The maximum Gasteiger partial charge on any atom is 0.133 e. The molecular formula is C22H23FN4O. The highest BCUT2D eigenvalue weighted by Crippen LogP contribution is 2.35. The number of morpholine rings is 1. The summed E-state index contributed by atoms with van der Waals surface area (Å²) < 4.78 is 20.9. The number of ether oxygens (including phenoxy) is 1. The van der Waals surface area contributed by atoms with Crippen LogP contribution >= 0.6 is 0 Å². The number of nitrogens with two attached hydrogens (primary N) is 1. The fourth-order valence-electron chi connectivity index (χ4n) is 4.31. The van der Waals surface area contributed by atoms with E-state index in [1.54, 1.807) is 6.07 Å². The molecule has 0 saturated carbocycles. The molecule has 2 unspecified atom stereocenters. The number of hydrogen-bond donors (Lipinski definition) is 1. The van der Waals surface area contributed by atoms with E-state index in [9.17, 15) is 4.39 Å². The van der Waals surface area contributed by atoms with E-state index in [0.717, 1.165) is 49.2 Å². The smallest absolute Gasteiger partial charge is 0.133 e. The lowest BCUT2D eigenvalue weighted by Crippen LogP contribution is -2.43. The van der Waals surface area contributed by atoms with Gasteiger partial charge in [0.15, 0.2) is 0 Å². The minimum absolute atomic E-state index is 0.268. The van der Waals surface area contributed by atoms with E-state index in [1.165, 1.54) is 6.07 Å². The van der Waals surface area contributed by atoms with E-state index in [4.69, 9.17) is 15.5 Å². The second kappa shape index (κ2) is 6.71. The number of benzene rings is 1. The van der Waals surface area contributed by atoms with E-state index >= 15 is 0 Å². The second-order valence-corrected chi connectivity index (χ2v) is 7.61. The second-order valence-electron chi connectivity index (χ2n) is 7.61. The summed E-state index contributed by atoms with van der Waals surface area (Å²) in [5.74, 6) is 0.857. The normalized spacial score (nSPS) is 21.4. The molecule has 0 amide bonds.